The predicted molar refractivity (Wildman–Crippen MR) is 84.3 cm³/mol. The van der Waals surface area contributed by atoms with Crippen molar-refractivity contribution in [3.8, 4) is 5.75 Å². The molecule has 1 atom stereocenters. The lowest BCUT2D eigenvalue weighted by atomic mass is 10.3. The van der Waals surface area contributed by atoms with Crippen LogP contribution in [0.15, 0.2) is 48.5 Å². The van der Waals surface area contributed by atoms with Gasteiger partial charge < -0.3 is 10.1 Å². The Morgan fingerprint density at radius 2 is 2.00 bits per heavy atom. The molecule has 2 aromatic carbocycles. The van der Waals surface area contributed by atoms with E-state index in [0.717, 1.165) is 3.57 Å². The average Bonchev–Trinajstić information content (AvgIpc) is 2.41. The van der Waals surface area contributed by atoms with Gasteiger partial charge in [0.15, 0.2) is 6.10 Å². The highest BCUT2D eigenvalue weighted by Crippen LogP contribution is 2.17. The third-order valence-electron chi connectivity index (χ3n) is 2.61. The molecule has 2 aromatic rings. The van der Waals surface area contributed by atoms with Crippen molar-refractivity contribution in [3.63, 3.8) is 0 Å². The number of para-hydroxylation sites is 1. The summed E-state index contributed by atoms with van der Waals surface area (Å²) in [5.41, 5.74) is 0.149. The number of nitrogens with one attached hydrogen (secondary N) is 1. The van der Waals surface area contributed by atoms with Crippen LogP contribution in [-0.2, 0) is 4.79 Å². The van der Waals surface area contributed by atoms with Gasteiger partial charge in [-0.3, -0.25) is 4.79 Å². The first kappa shape index (κ1) is 14.8. The van der Waals surface area contributed by atoms with Crippen LogP contribution in [0.25, 0.3) is 0 Å². The topological polar surface area (TPSA) is 38.3 Å². The number of halogens is 2. The van der Waals surface area contributed by atoms with Gasteiger partial charge in [0, 0.05) is 3.57 Å². The van der Waals surface area contributed by atoms with Crippen LogP contribution in [0, 0.1) is 9.39 Å². The number of amides is 1. The SMILES string of the molecule is C[C@H](Oc1cccc(I)c1)C(=O)Nc1ccccc1F. The van der Waals surface area contributed by atoms with E-state index in [4.69, 9.17) is 4.74 Å². The van der Waals surface area contributed by atoms with Crippen molar-refractivity contribution in [2.45, 2.75) is 13.0 Å². The van der Waals surface area contributed by atoms with E-state index >= 15 is 0 Å². The highest BCUT2D eigenvalue weighted by molar-refractivity contribution is 14.1. The van der Waals surface area contributed by atoms with Crippen molar-refractivity contribution in [1.82, 2.24) is 0 Å². The second-order valence-electron chi connectivity index (χ2n) is 4.19. The minimum absolute atomic E-state index is 0.149. The van der Waals surface area contributed by atoms with Crippen molar-refractivity contribution in [2.75, 3.05) is 5.32 Å². The molecule has 0 heterocycles. The van der Waals surface area contributed by atoms with Crippen LogP contribution in [0.4, 0.5) is 10.1 Å². The minimum Gasteiger partial charge on any atom is -0.481 e. The molecule has 0 bridgehead atoms. The molecule has 20 heavy (non-hydrogen) atoms. The normalized spacial score (nSPS) is 11.8. The molecule has 0 spiro atoms. The number of carbonyl (C=O) groups excluding carboxylic acids is 1. The van der Waals surface area contributed by atoms with E-state index in [-0.39, 0.29) is 5.69 Å². The number of anilines is 1. The lowest BCUT2D eigenvalue weighted by Gasteiger charge is -2.15. The number of hydrogen-bond acceptors (Lipinski definition) is 2. The van der Waals surface area contributed by atoms with Gasteiger partial charge in [-0.25, -0.2) is 4.39 Å². The quantitative estimate of drug-likeness (QED) is 0.813. The molecule has 0 aliphatic rings. The second-order valence-corrected chi connectivity index (χ2v) is 5.43. The van der Waals surface area contributed by atoms with E-state index in [1.54, 1.807) is 25.1 Å². The molecule has 0 saturated carbocycles. The zero-order valence-electron chi connectivity index (χ0n) is 10.8. The Morgan fingerprint density at radius 3 is 2.70 bits per heavy atom. The molecular formula is C15H13FINO2. The van der Waals surface area contributed by atoms with Gasteiger partial charge >= 0.3 is 0 Å². The Bertz CT molecular complexity index is 618. The maximum atomic E-state index is 13.4. The van der Waals surface area contributed by atoms with E-state index in [2.05, 4.69) is 27.9 Å². The zero-order chi connectivity index (χ0) is 14.5. The van der Waals surface area contributed by atoms with Crippen molar-refractivity contribution < 1.29 is 13.9 Å². The maximum absolute atomic E-state index is 13.4. The van der Waals surface area contributed by atoms with Crippen LogP contribution in [-0.4, -0.2) is 12.0 Å². The monoisotopic (exact) mass is 385 g/mol. The van der Waals surface area contributed by atoms with Crippen LogP contribution in [0.1, 0.15) is 6.92 Å². The van der Waals surface area contributed by atoms with Crippen LogP contribution in [0.3, 0.4) is 0 Å². The van der Waals surface area contributed by atoms with E-state index < -0.39 is 17.8 Å². The van der Waals surface area contributed by atoms with Gasteiger partial charge in [0.1, 0.15) is 11.6 Å². The second kappa shape index (κ2) is 6.69. The summed E-state index contributed by atoms with van der Waals surface area (Å²) < 4.78 is 20.0. The molecule has 5 heteroatoms. The van der Waals surface area contributed by atoms with Crippen molar-refractivity contribution in [3.05, 3.63) is 57.9 Å². The van der Waals surface area contributed by atoms with Gasteiger partial charge in [-0.15, -0.1) is 0 Å². The lowest BCUT2D eigenvalue weighted by Crippen LogP contribution is -2.30. The largest absolute Gasteiger partial charge is 0.481 e. The van der Waals surface area contributed by atoms with Crippen LogP contribution < -0.4 is 10.1 Å². The van der Waals surface area contributed by atoms with Crippen LogP contribution >= 0.6 is 22.6 Å². The number of ether oxygens (including phenoxy) is 1. The lowest BCUT2D eigenvalue weighted by molar-refractivity contribution is -0.122. The highest BCUT2D eigenvalue weighted by Gasteiger charge is 2.16. The molecular weight excluding hydrogens is 372 g/mol. The fraction of sp³-hybridized carbons (Fsp3) is 0.133. The Morgan fingerprint density at radius 1 is 1.25 bits per heavy atom. The fourth-order valence-corrected chi connectivity index (χ4v) is 2.11. The maximum Gasteiger partial charge on any atom is 0.265 e. The molecule has 1 amide bonds. The van der Waals surface area contributed by atoms with E-state index in [1.165, 1.54) is 12.1 Å². The van der Waals surface area contributed by atoms with Gasteiger partial charge in [0.25, 0.3) is 5.91 Å². The van der Waals surface area contributed by atoms with E-state index in [0.29, 0.717) is 5.75 Å². The Labute approximate surface area is 130 Å². The van der Waals surface area contributed by atoms with Gasteiger partial charge in [0.05, 0.1) is 5.69 Å². The summed E-state index contributed by atoms with van der Waals surface area (Å²) in [6, 6.07) is 13.4. The summed E-state index contributed by atoms with van der Waals surface area (Å²) in [4.78, 5) is 11.9. The predicted octanol–water partition coefficient (Wildman–Crippen LogP) is 3.84. The number of hydrogen-bond donors (Lipinski definition) is 1. The van der Waals surface area contributed by atoms with E-state index in [1.807, 2.05) is 18.2 Å². The van der Waals surface area contributed by atoms with Gasteiger partial charge in [-0.05, 0) is 59.8 Å². The molecule has 0 saturated heterocycles. The Balaban J connectivity index is 2.01. The molecule has 0 unspecified atom stereocenters. The third-order valence-corrected chi connectivity index (χ3v) is 3.28. The summed E-state index contributed by atoms with van der Waals surface area (Å²) >= 11 is 2.16. The summed E-state index contributed by atoms with van der Waals surface area (Å²) in [5, 5.41) is 2.50. The first-order chi connectivity index (χ1) is 9.56. The summed E-state index contributed by atoms with van der Waals surface area (Å²) in [7, 11) is 0. The van der Waals surface area contributed by atoms with E-state index in [9.17, 15) is 9.18 Å². The van der Waals surface area contributed by atoms with Crippen LogP contribution in [0.2, 0.25) is 0 Å². The summed E-state index contributed by atoms with van der Waals surface area (Å²) in [6.07, 6.45) is -0.715. The summed E-state index contributed by atoms with van der Waals surface area (Å²) in [5.74, 6) is -0.260. The Kier molecular flexibility index (Phi) is 4.94. The van der Waals surface area contributed by atoms with Gasteiger partial charge in [-0.2, -0.15) is 0 Å². The summed E-state index contributed by atoms with van der Waals surface area (Å²) in [6.45, 7) is 1.62. The molecule has 104 valence electrons. The molecule has 0 aliphatic heterocycles. The molecule has 0 aliphatic carbocycles. The Hall–Kier alpha value is -1.63. The first-order valence-corrected chi connectivity index (χ1v) is 7.12. The first-order valence-electron chi connectivity index (χ1n) is 6.04. The minimum atomic E-state index is -0.715. The van der Waals surface area contributed by atoms with Crippen molar-refractivity contribution in [1.29, 1.82) is 0 Å². The molecule has 0 aromatic heterocycles. The van der Waals surface area contributed by atoms with Crippen LogP contribution in [0.5, 0.6) is 5.75 Å². The average molecular weight is 385 g/mol. The van der Waals surface area contributed by atoms with Crippen molar-refractivity contribution in [2.24, 2.45) is 0 Å². The molecule has 3 nitrogen and oxygen atoms in total. The molecule has 0 radical (unpaired) electrons. The standard InChI is InChI=1S/C15H13FINO2/c1-10(20-12-6-4-5-11(17)9-12)15(19)18-14-8-3-2-7-13(14)16/h2-10H,1H3,(H,18,19)/t10-/m0/s1. The van der Waals surface area contributed by atoms with Crippen molar-refractivity contribution >= 4 is 34.2 Å². The molecule has 2 rings (SSSR count). The van der Waals surface area contributed by atoms with Gasteiger partial charge in [-0.1, -0.05) is 18.2 Å². The fourth-order valence-electron chi connectivity index (χ4n) is 1.59. The van der Waals surface area contributed by atoms with Gasteiger partial charge in [0.2, 0.25) is 0 Å². The number of benzene rings is 2. The zero-order valence-corrected chi connectivity index (χ0v) is 12.9. The highest BCUT2D eigenvalue weighted by atomic mass is 127. The number of carbonyl (C=O) groups is 1. The molecule has 1 N–H and O–H groups in total. The smallest absolute Gasteiger partial charge is 0.265 e. The number of rotatable bonds is 4. The molecule has 0 fully saturated rings. The third kappa shape index (κ3) is 3.93.